The Hall–Kier alpha value is -4.12. The quantitative estimate of drug-likeness (QED) is 0.277. The van der Waals surface area contributed by atoms with Crippen LogP contribution in [0, 0.1) is 41.5 Å². The molecule has 0 aliphatic carbocycles. The monoisotopic (exact) mass is 469 g/mol. The van der Waals surface area contributed by atoms with Gasteiger partial charge in [0.1, 0.15) is 28.7 Å². The SMILES string of the molecule is Cc1cc(O)cc(C)c1Oc1ccc(N(c2c(C)cc(O)cc2C)c2c(C)cc(O)cc2C)cc1. The van der Waals surface area contributed by atoms with Crippen LogP contribution in [-0.4, -0.2) is 15.3 Å². The highest BCUT2D eigenvalue weighted by Crippen LogP contribution is 2.44. The largest absolute Gasteiger partial charge is 0.508 e. The number of phenolic OH excluding ortho intramolecular Hbond substituents is 3. The number of nitrogens with zero attached hydrogens (tertiary/aromatic N) is 1. The van der Waals surface area contributed by atoms with Gasteiger partial charge in [0, 0.05) is 5.69 Å². The van der Waals surface area contributed by atoms with Crippen molar-refractivity contribution in [2.75, 3.05) is 4.90 Å². The summed E-state index contributed by atoms with van der Waals surface area (Å²) in [6.45, 7) is 11.7. The Balaban J connectivity index is 1.83. The lowest BCUT2D eigenvalue weighted by Crippen LogP contribution is -2.15. The van der Waals surface area contributed by atoms with Gasteiger partial charge in [0.05, 0.1) is 11.4 Å². The Labute approximate surface area is 206 Å². The topological polar surface area (TPSA) is 73.2 Å². The molecule has 0 atom stereocenters. The van der Waals surface area contributed by atoms with E-state index in [1.165, 1.54) is 0 Å². The second-order valence-corrected chi connectivity index (χ2v) is 9.20. The number of rotatable bonds is 5. The molecule has 0 unspecified atom stereocenters. The van der Waals surface area contributed by atoms with Crippen LogP contribution in [0.4, 0.5) is 17.1 Å². The molecule has 5 nitrogen and oxygen atoms in total. The first-order chi connectivity index (χ1) is 16.5. The highest BCUT2D eigenvalue weighted by molar-refractivity contribution is 5.84. The lowest BCUT2D eigenvalue weighted by molar-refractivity contribution is 0.458. The minimum atomic E-state index is 0.220. The molecule has 5 heteroatoms. The average Bonchev–Trinajstić information content (AvgIpc) is 2.74. The smallest absolute Gasteiger partial charge is 0.133 e. The van der Waals surface area contributed by atoms with Crippen molar-refractivity contribution in [2.45, 2.75) is 41.5 Å². The van der Waals surface area contributed by atoms with E-state index < -0.39 is 0 Å². The standard InChI is InChI=1S/C30H31NO4/c1-17-11-24(32)12-18(2)28(17)31(29-19(3)13-25(33)14-20(29)4)23-7-9-27(10-8-23)35-30-21(5)15-26(34)16-22(30)6/h7-16,32-34H,1-6H3. The summed E-state index contributed by atoms with van der Waals surface area (Å²) in [4.78, 5) is 2.16. The van der Waals surface area contributed by atoms with Crippen molar-refractivity contribution < 1.29 is 20.1 Å². The predicted molar refractivity (Wildman–Crippen MR) is 141 cm³/mol. The molecular weight excluding hydrogens is 438 g/mol. The van der Waals surface area contributed by atoms with E-state index in [2.05, 4.69) is 4.90 Å². The van der Waals surface area contributed by atoms with Gasteiger partial charge in [-0.05, 0) is 136 Å². The third-order valence-corrected chi connectivity index (χ3v) is 6.16. The van der Waals surface area contributed by atoms with Crippen LogP contribution < -0.4 is 9.64 Å². The summed E-state index contributed by atoms with van der Waals surface area (Å²) in [7, 11) is 0. The molecule has 0 bridgehead atoms. The van der Waals surface area contributed by atoms with Crippen LogP contribution in [-0.2, 0) is 0 Å². The van der Waals surface area contributed by atoms with Gasteiger partial charge in [-0.15, -0.1) is 0 Å². The molecule has 3 N–H and O–H groups in total. The molecule has 0 saturated carbocycles. The fraction of sp³-hybridized carbons (Fsp3) is 0.200. The minimum absolute atomic E-state index is 0.220. The van der Waals surface area contributed by atoms with Crippen LogP contribution in [0.1, 0.15) is 33.4 Å². The van der Waals surface area contributed by atoms with Gasteiger partial charge >= 0.3 is 0 Å². The van der Waals surface area contributed by atoms with E-state index in [1.54, 1.807) is 36.4 Å². The van der Waals surface area contributed by atoms with Gasteiger partial charge in [0.15, 0.2) is 0 Å². The van der Waals surface area contributed by atoms with Gasteiger partial charge in [-0.2, -0.15) is 0 Å². The van der Waals surface area contributed by atoms with Crippen molar-refractivity contribution in [1.82, 2.24) is 0 Å². The van der Waals surface area contributed by atoms with Crippen molar-refractivity contribution in [3.05, 3.63) is 94.0 Å². The van der Waals surface area contributed by atoms with Crippen molar-refractivity contribution >= 4 is 17.1 Å². The van der Waals surface area contributed by atoms with E-state index in [9.17, 15) is 15.3 Å². The van der Waals surface area contributed by atoms with Crippen LogP contribution in [0.3, 0.4) is 0 Å². The van der Waals surface area contributed by atoms with Gasteiger partial charge in [0.25, 0.3) is 0 Å². The lowest BCUT2D eigenvalue weighted by Gasteiger charge is -2.31. The number of benzene rings is 4. The zero-order valence-corrected chi connectivity index (χ0v) is 21.0. The van der Waals surface area contributed by atoms with Crippen LogP contribution in [0.2, 0.25) is 0 Å². The Bertz CT molecular complexity index is 1280. The fourth-order valence-corrected chi connectivity index (χ4v) is 4.81. The first kappa shape index (κ1) is 24.0. The summed E-state index contributed by atoms with van der Waals surface area (Å²) in [5.41, 5.74) is 8.32. The summed E-state index contributed by atoms with van der Waals surface area (Å²) in [5, 5.41) is 30.1. The minimum Gasteiger partial charge on any atom is -0.508 e. The van der Waals surface area contributed by atoms with E-state index in [1.807, 2.05) is 65.8 Å². The second kappa shape index (κ2) is 9.26. The highest BCUT2D eigenvalue weighted by atomic mass is 16.5. The van der Waals surface area contributed by atoms with Crippen LogP contribution in [0.5, 0.6) is 28.7 Å². The molecule has 0 heterocycles. The third kappa shape index (κ3) is 4.76. The van der Waals surface area contributed by atoms with Crippen molar-refractivity contribution in [1.29, 1.82) is 0 Å². The molecule has 4 aromatic carbocycles. The normalized spacial score (nSPS) is 10.9. The predicted octanol–water partition coefficient (Wildman–Crippen LogP) is 7.92. The first-order valence-electron chi connectivity index (χ1n) is 11.5. The molecule has 0 saturated heterocycles. The van der Waals surface area contributed by atoms with Crippen LogP contribution >= 0.6 is 0 Å². The lowest BCUT2D eigenvalue weighted by atomic mass is 10.0. The number of aryl methyl sites for hydroxylation is 6. The Morgan fingerprint density at radius 2 is 0.857 bits per heavy atom. The van der Waals surface area contributed by atoms with Gasteiger partial charge in [-0.3, -0.25) is 0 Å². The van der Waals surface area contributed by atoms with Crippen molar-refractivity contribution in [2.24, 2.45) is 0 Å². The number of hydrogen-bond donors (Lipinski definition) is 3. The number of ether oxygens (including phenoxy) is 1. The molecule has 4 aromatic rings. The van der Waals surface area contributed by atoms with E-state index >= 15 is 0 Å². The number of anilines is 3. The van der Waals surface area contributed by atoms with Crippen molar-refractivity contribution in [3.63, 3.8) is 0 Å². The summed E-state index contributed by atoms with van der Waals surface area (Å²) >= 11 is 0. The summed E-state index contributed by atoms with van der Waals surface area (Å²) in [6.07, 6.45) is 0. The van der Waals surface area contributed by atoms with E-state index in [0.29, 0.717) is 5.75 Å². The van der Waals surface area contributed by atoms with E-state index in [-0.39, 0.29) is 17.2 Å². The van der Waals surface area contributed by atoms with Gasteiger partial charge in [0.2, 0.25) is 0 Å². The number of aromatic hydroxyl groups is 3. The molecule has 0 aliphatic rings. The maximum absolute atomic E-state index is 10.1. The molecule has 0 spiro atoms. The van der Waals surface area contributed by atoms with Gasteiger partial charge in [-0.25, -0.2) is 0 Å². The van der Waals surface area contributed by atoms with Gasteiger partial charge < -0.3 is 25.0 Å². The number of phenols is 3. The molecule has 0 fully saturated rings. The third-order valence-electron chi connectivity index (χ3n) is 6.16. The Morgan fingerprint density at radius 1 is 0.514 bits per heavy atom. The average molecular weight is 470 g/mol. The molecule has 0 amide bonds. The zero-order chi connectivity index (χ0) is 25.4. The maximum Gasteiger partial charge on any atom is 0.133 e. The summed E-state index contributed by atoms with van der Waals surface area (Å²) in [6, 6.07) is 18.2. The summed E-state index contributed by atoms with van der Waals surface area (Å²) < 4.78 is 6.17. The van der Waals surface area contributed by atoms with E-state index in [4.69, 9.17) is 4.74 Å². The van der Waals surface area contributed by atoms with Crippen LogP contribution in [0.25, 0.3) is 0 Å². The molecule has 0 aliphatic heterocycles. The van der Waals surface area contributed by atoms with Crippen LogP contribution in [0.15, 0.2) is 60.7 Å². The molecule has 0 radical (unpaired) electrons. The molecule has 35 heavy (non-hydrogen) atoms. The Morgan fingerprint density at radius 3 is 1.23 bits per heavy atom. The highest BCUT2D eigenvalue weighted by Gasteiger charge is 2.22. The zero-order valence-electron chi connectivity index (χ0n) is 21.0. The summed E-state index contributed by atoms with van der Waals surface area (Å²) in [5.74, 6) is 2.09. The van der Waals surface area contributed by atoms with E-state index in [0.717, 1.165) is 56.2 Å². The fourth-order valence-electron chi connectivity index (χ4n) is 4.81. The molecular formula is C30H31NO4. The molecule has 0 aromatic heterocycles. The molecule has 180 valence electrons. The first-order valence-corrected chi connectivity index (χ1v) is 11.5. The van der Waals surface area contributed by atoms with Gasteiger partial charge in [-0.1, -0.05) is 0 Å². The van der Waals surface area contributed by atoms with Crippen molar-refractivity contribution in [3.8, 4) is 28.7 Å². The maximum atomic E-state index is 10.1. The molecule has 4 rings (SSSR count). The number of hydrogen-bond acceptors (Lipinski definition) is 5. The second-order valence-electron chi connectivity index (χ2n) is 9.20. The Kier molecular flexibility index (Phi) is 6.35.